The Bertz CT molecular complexity index is 1310. The van der Waals surface area contributed by atoms with Crippen molar-refractivity contribution in [2.24, 2.45) is 0 Å². The lowest BCUT2D eigenvalue weighted by Gasteiger charge is -2.18. The van der Waals surface area contributed by atoms with E-state index in [4.69, 9.17) is 4.74 Å². The number of ether oxygens (including phenoxy) is 1. The van der Waals surface area contributed by atoms with Crippen LogP contribution in [-0.4, -0.2) is 22.3 Å². The molecule has 0 aliphatic rings. The number of para-hydroxylation sites is 1. The minimum Gasteiger partial charge on any atom is -0.494 e. The molecular weight excluding hydrogens is 410 g/mol. The van der Waals surface area contributed by atoms with E-state index < -0.39 is 6.04 Å². The molecule has 1 amide bonds. The maximum atomic E-state index is 13.4. The molecule has 0 fully saturated rings. The van der Waals surface area contributed by atoms with Gasteiger partial charge in [-0.1, -0.05) is 43.3 Å². The fourth-order valence-electron chi connectivity index (χ4n) is 3.81. The van der Waals surface area contributed by atoms with E-state index in [1.54, 1.807) is 11.3 Å². The van der Waals surface area contributed by atoms with Gasteiger partial charge in [0.2, 0.25) is 5.91 Å². The van der Waals surface area contributed by atoms with Crippen molar-refractivity contribution in [2.75, 3.05) is 6.61 Å². The Morgan fingerprint density at radius 3 is 2.68 bits per heavy atom. The number of carbonyl (C=O) groups is 1. The number of fused-ring (bicyclic) bond motifs is 3. The van der Waals surface area contributed by atoms with E-state index in [1.165, 1.54) is 4.68 Å². The minimum absolute atomic E-state index is 0.227. The molecule has 0 radical (unpaired) electrons. The number of amides is 1. The summed E-state index contributed by atoms with van der Waals surface area (Å²) in [4.78, 5) is 26.5. The van der Waals surface area contributed by atoms with Gasteiger partial charge in [0.15, 0.2) is 0 Å². The van der Waals surface area contributed by atoms with Crippen LogP contribution in [0.2, 0.25) is 0 Å². The minimum atomic E-state index is -0.687. The van der Waals surface area contributed by atoms with Crippen LogP contribution in [0.3, 0.4) is 0 Å². The predicted molar refractivity (Wildman–Crippen MR) is 125 cm³/mol. The van der Waals surface area contributed by atoms with E-state index in [0.717, 1.165) is 31.8 Å². The van der Waals surface area contributed by atoms with E-state index in [0.29, 0.717) is 25.0 Å². The van der Waals surface area contributed by atoms with E-state index in [-0.39, 0.29) is 11.5 Å². The van der Waals surface area contributed by atoms with Crippen molar-refractivity contribution in [3.63, 3.8) is 0 Å². The number of aryl methyl sites for hydroxylation is 1. The summed E-state index contributed by atoms with van der Waals surface area (Å²) in [6.07, 6.45) is 0.457. The highest BCUT2D eigenvalue weighted by Crippen LogP contribution is 2.33. The number of thiophene rings is 1. The number of carbonyl (C=O) groups excluding carboxylic acids is 1. The van der Waals surface area contributed by atoms with Gasteiger partial charge in [0.05, 0.1) is 22.4 Å². The Morgan fingerprint density at radius 2 is 1.90 bits per heavy atom. The highest BCUT2D eigenvalue weighted by molar-refractivity contribution is 7.26. The zero-order chi connectivity index (χ0) is 22.0. The van der Waals surface area contributed by atoms with Crippen LogP contribution < -0.4 is 15.6 Å². The molecule has 31 heavy (non-hydrogen) atoms. The van der Waals surface area contributed by atoms with Gasteiger partial charge in [0.25, 0.3) is 5.56 Å². The van der Waals surface area contributed by atoms with Crippen molar-refractivity contribution < 1.29 is 9.53 Å². The normalized spacial score (nSPS) is 12.2. The van der Waals surface area contributed by atoms with E-state index in [2.05, 4.69) is 10.4 Å². The fraction of sp³-hybridized carbons (Fsp3) is 0.292. The van der Waals surface area contributed by atoms with E-state index in [9.17, 15) is 9.59 Å². The van der Waals surface area contributed by atoms with Gasteiger partial charge in [-0.3, -0.25) is 9.59 Å². The molecule has 1 atom stereocenters. The van der Waals surface area contributed by atoms with Crippen LogP contribution in [0.4, 0.5) is 0 Å². The lowest BCUT2D eigenvalue weighted by atomic mass is 10.1. The average Bonchev–Trinajstić information content (AvgIpc) is 3.18. The number of nitrogens with zero attached hydrogens (tertiary/aromatic N) is 2. The molecular formula is C24H25N3O3S. The van der Waals surface area contributed by atoms with Crippen LogP contribution in [0.25, 0.3) is 20.2 Å². The zero-order valence-electron chi connectivity index (χ0n) is 17.8. The third-order valence-corrected chi connectivity index (χ3v) is 6.59. The SMILES string of the molecule is CCOc1ccccc1CNC(=O)[C@H](CC)n1nc(C)c2sc3ccccc3c2c1=O. The first-order valence-corrected chi connectivity index (χ1v) is 11.3. The van der Waals surface area contributed by atoms with Crippen LogP contribution in [-0.2, 0) is 11.3 Å². The average molecular weight is 436 g/mol. The number of benzene rings is 2. The number of hydrogen-bond acceptors (Lipinski definition) is 5. The summed E-state index contributed by atoms with van der Waals surface area (Å²) in [5.74, 6) is 0.511. The lowest BCUT2D eigenvalue weighted by Crippen LogP contribution is -2.38. The highest BCUT2D eigenvalue weighted by Gasteiger charge is 2.24. The molecule has 2 aromatic heterocycles. The van der Waals surface area contributed by atoms with Gasteiger partial charge in [-0.2, -0.15) is 5.10 Å². The first kappa shape index (κ1) is 21.1. The second-order valence-electron chi connectivity index (χ2n) is 7.32. The maximum Gasteiger partial charge on any atom is 0.276 e. The molecule has 6 nitrogen and oxygen atoms in total. The molecule has 0 aliphatic heterocycles. The van der Waals surface area contributed by atoms with Gasteiger partial charge in [-0.25, -0.2) is 4.68 Å². The Balaban J connectivity index is 1.67. The van der Waals surface area contributed by atoms with Crippen molar-refractivity contribution >= 4 is 37.4 Å². The van der Waals surface area contributed by atoms with Crippen molar-refractivity contribution in [1.29, 1.82) is 0 Å². The number of aromatic nitrogens is 2. The van der Waals surface area contributed by atoms with Crippen molar-refractivity contribution in [3.05, 3.63) is 70.1 Å². The van der Waals surface area contributed by atoms with Crippen LogP contribution in [0.1, 0.15) is 37.6 Å². The molecule has 0 spiro atoms. The van der Waals surface area contributed by atoms with E-state index >= 15 is 0 Å². The highest BCUT2D eigenvalue weighted by atomic mass is 32.1. The summed E-state index contributed by atoms with van der Waals surface area (Å²) in [5.41, 5.74) is 1.42. The third-order valence-electron chi connectivity index (χ3n) is 5.31. The number of hydrogen-bond donors (Lipinski definition) is 1. The second-order valence-corrected chi connectivity index (χ2v) is 8.37. The van der Waals surface area contributed by atoms with Gasteiger partial charge in [-0.05, 0) is 32.4 Å². The topological polar surface area (TPSA) is 73.2 Å². The fourth-order valence-corrected chi connectivity index (χ4v) is 4.94. The van der Waals surface area contributed by atoms with Gasteiger partial charge in [0, 0.05) is 22.2 Å². The van der Waals surface area contributed by atoms with Gasteiger partial charge >= 0.3 is 0 Å². The smallest absolute Gasteiger partial charge is 0.276 e. The number of rotatable bonds is 7. The predicted octanol–water partition coefficient (Wildman–Crippen LogP) is 4.59. The first-order valence-electron chi connectivity index (χ1n) is 10.4. The molecule has 0 saturated heterocycles. The largest absolute Gasteiger partial charge is 0.494 e. The molecule has 2 heterocycles. The quantitative estimate of drug-likeness (QED) is 0.461. The Morgan fingerprint density at radius 1 is 1.16 bits per heavy atom. The van der Waals surface area contributed by atoms with Crippen LogP contribution in [0.5, 0.6) is 5.75 Å². The van der Waals surface area contributed by atoms with Crippen LogP contribution in [0.15, 0.2) is 53.3 Å². The molecule has 7 heteroatoms. The Labute approximate surface area is 184 Å². The summed E-state index contributed by atoms with van der Waals surface area (Å²) >= 11 is 1.56. The molecule has 0 unspecified atom stereocenters. The van der Waals surface area contributed by atoms with Crippen molar-refractivity contribution in [1.82, 2.24) is 15.1 Å². The zero-order valence-corrected chi connectivity index (χ0v) is 18.7. The summed E-state index contributed by atoms with van der Waals surface area (Å²) in [6, 6.07) is 14.8. The molecule has 0 bridgehead atoms. The standard InChI is InChI=1S/C24H25N3O3S/c1-4-18(23(28)25-14-16-10-6-8-12-19(16)30-5-2)27-24(29)21-17-11-7-9-13-20(17)31-22(21)15(3)26-27/h6-13,18H,4-5,14H2,1-3H3,(H,25,28)/t18-/m0/s1. The van der Waals surface area contributed by atoms with Crippen LogP contribution in [0, 0.1) is 6.92 Å². The molecule has 1 N–H and O–H groups in total. The molecule has 0 saturated carbocycles. The lowest BCUT2D eigenvalue weighted by molar-refractivity contribution is -0.125. The number of nitrogens with one attached hydrogen (secondary N) is 1. The first-order chi connectivity index (χ1) is 15.0. The summed E-state index contributed by atoms with van der Waals surface area (Å²) in [7, 11) is 0. The molecule has 4 rings (SSSR count). The molecule has 160 valence electrons. The van der Waals surface area contributed by atoms with Crippen molar-refractivity contribution in [2.45, 2.75) is 39.8 Å². The van der Waals surface area contributed by atoms with E-state index in [1.807, 2.05) is 69.3 Å². The monoisotopic (exact) mass is 435 g/mol. The van der Waals surface area contributed by atoms with Gasteiger partial charge in [-0.15, -0.1) is 11.3 Å². The summed E-state index contributed by atoms with van der Waals surface area (Å²) in [6.45, 7) is 6.57. The summed E-state index contributed by atoms with van der Waals surface area (Å²) in [5, 5.41) is 9.03. The maximum absolute atomic E-state index is 13.4. The second kappa shape index (κ2) is 8.89. The molecule has 0 aliphatic carbocycles. The Kier molecular flexibility index (Phi) is 6.04. The van der Waals surface area contributed by atoms with Gasteiger partial charge in [0.1, 0.15) is 11.8 Å². The van der Waals surface area contributed by atoms with Gasteiger partial charge < -0.3 is 10.1 Å². The summed E-state index contributed by atoms with van der Waals surface area (Å²) < 4.78 is 8.91. The Hall–Kier alpha value is -3.19. The molecule has 4 aromatic rings. The molecule has 2 aromatic carbocycles. The van der Waals surface area contributed by atoms with Crippen LogP contribution >= 0.6 is 11.3 Å². The third kappa shape index (κ3) is 3.93. The van der Waals surface area contributed by atoms with Crippen molar-refractivity contribution in [3.8, 4) is 5.75 Å².